The van der Waals surface area contributed by atoms with Crippen molar-refractivity contribution in [2.75, 3.05) is 37.2 Å². The van der Waals surface area contributed by atoms with E-state index in [4.69, 9.17) is 18.9 Å². The van der Waals surface area contributed by atoms with Gasteiger partial charge in [-0.2, -0.15) is 0 Å². The van der Waals surface area contributed by atoms with Crippen LogP contribution in [0.1, 0.15) is 26.2 Å². The van der Waals surface area contributed by atoms with Crippen LogP contribution in [0.5, 0.6) is 17.2 Å². The number of pyridine rings is 1. The average Bonchev–Trinajstić information content (AvgIpc) is 3.75. The van der Waals surface area contributed by atoms with Gasteiger partial charge in [-0.3, -0.25) is 19.8 Å². The number of hydrazine groups is 1. The first-order chi connectivity index (χ1) is 22.3. The van der Waals surface area contributed by atoms with Crippen LogP contribution in [0, 0.1) is 11.7 Å². The summed E-state index contributed by atoms with van der Waals surface area (Å²) in [6, 6.07) is 21.2. The molecule has 46 heavy (non-hydrogen) atoms. The number of para-hydroxylation sites is 1. The monoisotopic (exact) mass is 622 g/mol. The van der Waals surface area contributed by atoms with E-state index in [0.29, 0.717) is 52.6 Å². The molecule has 3 aromatic carbocycles. The number of fused-ring (bicyclic) bond motifs is 1. The summed E-state index contributed by atoms with van der Waals surface area (Å²) in [6.07, 6.45) is 4.41. The Hall–Kier alpha value is -4.93. The van der Waals surface area contributed by atoms with Crippen LogP contribution in [0.25, 0.3) is 10.9 Å². The molecule has 236 valence electrons. The minimum absolute atomic E-state index is 0.0192. The van der Waals surface area contributed by atoms with Crippen LogP contribution in [0.2, 0.25) is 0 Å². The number of nitrogens with one attached hydrogen (secondary N) is 1. The van der Waals surface area contributed by atoms with Crippen molar-refractivity contribution in [3.63, 3.8) is 0 Å². The van der Waals surface area contributed by atoms with Gasteiger partial charge < -0.3 is 24.3 Å². The Labute approximate surface area is 266 Å². The van der Waals surface area contributed by atoms with Gasteiger partial charge in [0.15, 0.2) is 17.4 Å². The van der Waals surface area contributed by atoms with Gasteiger partial charge in [-0.05, 0) is 55.8 Å². The molecular formula is C36H35FN4O5. The Morgan fingerprint density at radius 2 is 1.96 bits per heavy atom. The molecule has 0 aliphatic carbocycles. The van der Waals surface area contributed by atoms with Gasteiger partial charge in [0, 0.05) is 60.9 Å². The Kier molecular flexibility index (Phi) is 7.84. The lowest BCUT2D eigenvalue weighted by Crippen LogP contribution is -2.32. The van der Waals surface area contributed by atoms with Crippen molar-refractivity contribution in [3.8, 4) is 17.2 Å². The predicted octanol–water partition coefficient (Wildman–Crippen LogP) is 7.18. The summed E-state index contributed by atoms with van der Waals surface area (Å²) in [5, 5.41) is 7.24. The lowest BCUT2D eigenvalue weighted by Gasteiger charge is -2.29. The summed E-state index contributed by atoms with van der Waals surface area (Å²) in [5.41, 5.74) is 3.51. The molecular weight excluding hydrogens is 587 g/mol. The fourth-order valence-electron chi connectivity index (χ4n) is 6.35. The summed E-state index contributed by atoms with van der Waals surface area (Å²) < 4.78 is 39.2. The molecule has 2 fully saturated rings. The van der Waals surface area contributed by atoms with E-state index in [9.17, 15) is 4.79 Å². The zero-order valence-corrected chi connectivity index (χ0v) is 25.8. The SMILES string of the molecule is C=C1C(C(=O)Nc2ccc(Oc3ccnc4cc(OCC5COC6(CCCO6)C5)ccc34)c(F)c2)=C(C)N(C)N1c1ccccc1. The third kappa shape index (κ3) is 5.65. The first kappa shape index (κ1) is 29.8. The van der Waals surface area contributed by atoms with Crippen LogP contribution < -0.4 is 19.8 Å². The minimum atomic E-state index is -0.621. The zero-order valence-electron chi connectivity index (χ0n) is 25.8. The highest BCUT2D eigenvalue weighted by Gasteiger charge is 2.44. The van der Waals surface area contributed by atoms with Crippen LogP contribution in [0.15, 0.2) is 103 Å². The number of halogens is 1. The number of carbonyl (C=O) groups is 1. The quantitative estimate of drug-likeness (QED) is 0.221. The van der Waals surface area contributed by atoms with Crippen molar-refractivity contribution < 1.29 is 28.1 Å². The Balaban J connectivity index is 1.01. The molecule has 9 nitrogen and oxygen atoms in total. The van der Waals surface area contributed by atoms with Gasteiger partial charge in [0.25, 0.3) is 5.91 Å². The van der Waals surface area contributed by atoms with Gasteiger partial charge >= 0.3 is 0 Å². The number of carbonyl (C=O) groups excluding carboxylic acids is 1. The Bertz CT molecular complexity index is 1840. The Morgan fingerprint density at radius 1 is 1.11 bits per heavy atom. The second-order valence-corrected chi connectivity index (χ2v) is 11.8. The van der Waals surface area contributed by atoms with Gasteiger partial charge in [0.05, 0.1) is 42.3 Å². The zero-order chi connectivity index (χ0) is 31.8. The first-order valence-corrected chi connectivity index (χ1v) is 15.4. The molecule has 2 saturated heterocycles. The van der Waals surface area contributed by atoms with E-state index >= 15 is 4.39 Å². The number of nitrogens with zero attached hydrogens (tertiary/aromatic N) is 3. The van der Waals surface area contributed by atoms with Crippen LogP contribution in [0.4, 0.5) is 15.8 Å². The van der Waals surface area contributed by atoms with Gasteiger partial charge in [-0.25, -0.2) is 4.39 Å². The van der Waals surface area contributed by atoms with Crippen molar-refractivity contribution >= 4 is 28.2 Å². The molecule has 3 aliphatic rings. The van der Waals surface area contributed by atoms with E-state index in [-0.39, 0.29) is 17.6 Å². The highest BCUT2D eigenvalue weighted by molar-refractivity contribution is 6.08. The summed E-state index contributed by atoms with van der Waals surface area (Å²) in [7, 11) is 1.86. The summed E-state index contributed by atoms with van der Waals surface area (Å²) >= 11 is 0. The fourth-order valence-corrected chi connectivity index (χ4v) is 6.35. The van der Waals surface area contributed by atoms with E-state index in [1.165, 1.54) is 12.1 Å². The highest BCUT2D eigenvalue weighted by atomic mass is 19.1. The van der Waals surface area contributed by atoms with E-state index in [2.05, 4.69) is 16.9 Å². The van der Waals surface area contributed by atoms with Crippen molar-refractivity contribution in [2.45, 2.75) is 32.0 Å². The first-order valence-electron chi connectivity index (χ1n) is 15.4. The van der Waals surface area contributed by atoms with Crippen LogP contribution in [-0.4, -0.2) is 48.6 Å². The maximum atomic E-state index is 15.3. The molecule has 10 heteroatoms. The third-order valence-corrected chi connectivity index (χ3v) is 8.74. The number of amides is 1. The van der Waals surface area contributed by atoms with Gasteiger partial charge in [-0.15, -0.1) is 0 Å². The molecule has 0 saturated carbocycles. The highest BCUT2D eigenvalue weighted by Crippen LogP contribution is 2.40. The smallest absolute Gasteiger partial charge is 0.259 e. The summed E-state index contributed by atoms with van der Waals surface area (Å²) in [5.74, 6) is -0.0155. The number of ether oxygens (including phenoxy) is 4. The predicted molar refractivity (Wildman–Crippen MR) is 173 cm³/mol. The van der Waals surface area contributed by atoms with Gasteiger partial charge in [0.1, 0.15) is 11.5 Å². The molecule has 1 amide bonds. The van der Waals surface area contributed by atoms with Crippen LogP contribution in [-0.2, 0) is 14.3 Å². The summed E-state index contributed by atoms with van der Waals surface area (Å²) in [4.78, 5) is 17.8. The lowest BCUT2D eigenvalue weighted by atomic mass is 10.0. The molecule has 1 aromatic heterocycles. The van der Waals surface area contributed by atoms with E-state index < -0.39 is 11.6 Å². The molecule has 0 radical (unpaired) electrons. The second kappa shape index (κ2) is 12.1. The van der Waals surface area contributed by atoms with E-state index in [1.807, 2.05) is 72.5 Å². The third-order valence-electron chi connectivity index (χ3n) is 8.74. The topological polar surface area (TPSA) is 85.4 Å². The molecule has 1 spiro atoms. The molecule has 1 N–H and O–H groups in total. The number of anilines is 2. The van der Waals surface area contributed by atoms with Crippen molar-refractivity contribution in [2.24, 2.45) is 5.92 Å². The second-order valence-electron chi connectivity index (χ2n) is 11.8. The molecule has 4 aromatic rings. The molecule has 4 heterocycles. The number of rotatable bonds is 8. The lowest BCUT2D eigenvalue weighted by molar-refractivity contribution is -0.178. The molecule has 7 rings (SSSR count). The van der Waals surface area contributed by atoms with Gasteiger partial charge in [0.2, 0.25) is 0 Å². The maximum absolute atomic E-state index is 15.3. The molecule has 2 atom stereocenters. The standard InChI is InChI=1S/C36H35FN4O5/c1-23-34(24(2)41(40(23)3)27-8-5-4-6-9-27)35(42)39-26-10-13-33(30(37)18-26)46-32-14-16-38-31-19-28(11-12-29(31)32)43-21-25-20-36(45-22-25)15-7-17-44-36/h4-6,8-14,16,18-19,25H,2,7,15,17,20-22H2,1,3H3,(H,39,42). The largest absolute Gasteiger partial charge is 0.493 e. The normalized spacial score (nSPS) is 21.1. The maximum Gasteiger partial charge on any atom is 0.259 e. The Morgan fingerprint density at radius 3 is 2.74 bits per heavy atom. The van der Waals surface area contributed by atoms with E-state index in [1.54, 1.807) is 18.3 Å². The summed E-state index contributed by atoms with van der Waals surface area (Å²) in [6.45, 7) is 7.90. The number of benzene rings is 3. The van der Waals surface area contributed by atoms with Crippen molar-refractivity contribution in [3.05, 3.63) is 108 Å². The number of hydrogen-bond donors (Lipinski definition) is 1. The van der Waals surface area contributed by atoms with E-state index in [0.717, 1.165) is 37.3 Å². The molecule has 0 bridgehead atoms. The molecule has 2 unspecified atom stereocenters. The van der Waals surface area contributed by atoms with Crippen molar-refractivity contribution in [1.29, 1.82) is 0 Å². The minimum Gasteiger partial charge on any atom is -0.493 e. The number of allylic oxidation sites excluding steroid dienone is 1. The fraction of sp³-hybridized carbons (Fsp3) is 0.278. The van der Waals surface area contributed by atoms with Crippen molar-refractivity contribution in [1.82, 2.24) is 9.99 Å². The average molecular weight is 623 g/mol. The van der Waals surface area contributed by atoms with Gasteiger partial charge in [-0.1, -0.05) is 24.8 Å². The molecule has 3 aliphatic heterocycles. The van der Waals surface area contributed by atoms with Crippen LogP contribution in [0.3, 0.4) is 0 Å². The number of hydrogen-bond acceptors (Lipinski definition) is 8. The van der Waals surface area contributed by atoms with Crippen LogP contribution >= 0.6 is 0 Å². The number of aromatic nitrogens is 1.